The van der Waals surface area contributed by atoms with Gasteiger partial charge in [0, 0.05) is 50.6 Å². The summed E-state index contributed by atoms with van der Waals surface area (Å²) < 4.78 is 40.4. The van der Waals surface area contributed by atoms with Crippen molar-refractivity contribution >= 4 is 22.5 Å². The van der Waals surface area contributed by atoms with Crippen LogP contribution in [-0.2, 0) is 22.6 Å². The molecule has 4 heterocycles. The molecule has 3 aliphatic rings. The van der Waals surface area contributed by atoms with Crippen LogP contribution in [0.15, 0.2) is 49.1 Å². The van der Waals surface area contributed by atoms with E-state index in [1.807, 2.05) is 6.07 Å². The van der Waals surface area contributed by atoms with E-state index < -0.39 is 12.0 Å². The number of nitrogens with zero attached hydrogens (tertiary/aromatic N) is 5. The first-order chi connectivity index (χ1) is 19.7. The van der Waals surface area contributed by atoms with E-state index in [1.165, 1.54) is 17.0 Å². The minimum atomic E-state index is -2.73. The van der Waals surface area contributed by atoms with Gasteiger partial charge in [0.15, 0.2) is 0 Å². The van der Waals surface area contributed by atoms with Gasteiger partial charge in [-0.1, -0.05) is 43.0 Å². The maximum atomic E-state index is 14.0. The maximum Gasteiger partial charge on any atom is 0.318 e. The Morgan fingerprint density at radius 1 is 1.17 bits per heavy atom. The number of ether oxygens (including phenoxy) is 2. The summed E-state index contributed by atoms with van der Waals surface area (Å²) in [4.78, 5) is 27.2. The summed E-state index contributed by atoms with van der Waals surface area (Å²) in [7, 11) is 1.69. The van der Waals surface area contributed by atoms with Gasteiger partial charge in [0.2, 0.25) is 5.91 Å². The lowest BCUT2D eigenvalue weighted by Gasteiger charge is -2.37. The molecule has 0 radical (unpaired) electrons. The number of likely N-dealkylation sites (N-methyl/N-ethyl adjacent to an activating group) is 1. The van der Waals surface area contributed by atoms with E-state index in [2.05, 4.69) is 48.7 Å². The van der Waals surface area contributed by atoms with Crippen molar-refractivity contribution in [2.45, 2.75) is 44.4 Å². The minimum absolute atomic E-state index is 0.0778. The topological polar surface area (TPSA) is 71.0 Å². The van der Waals surface area contributed by atoms with Crippen LogP contribution in [0.25, 0.3) is 10.8 Å². The van der Waals surface area contributed by atoms with Crippen molar-refractivity contribution in [3.05, 3.63) is 71.4 Å². The van der Waals surface area contributed by atoms with Gasteiger partial charge < -0.3 is 19.3 Å². The monoisotopic (exact) mass is 563 g/mol. The van der Waals surface area contributed by atoms with Gasteiger partial charge in [-0.05, 0) is 41.9 Å². The number of piperazine rings is 1. The molecule has 0 aliphatic carbocycles. The van der Waals surface area contributed by atoms with Gasteiger partial charge in [0.05, 0.1) is 24.9 Å². The second-order valence-corrected chi connectivity index (χ2v) is 11.2. The highest BCUT2D eigenvalue weighted by molar-refractivity contribution is 5.89. The zero-order valence-electron chi connectivity index (χ0n) is 23.5. The Balaban J connectivity index is 1.30. The number of anilines is 1. The number of halogens is 2. The first-order valence-corrected chi connectivity index (χ1v) is 14.1. The molecule has 2 saturated heterocycles. The van der Waals surface area contributed by atoms with Crippen molar-refractivity contribution in [1.29, 1.82) is 0 Å². The fourth-order valence-corrected chi connectivity index (χ4v) is 6.27. The van der Waals surface area contributed by atoms with Gasteiger partial charge >= 0.3 is 6.01 Å². The van der Waals surface area contributed by atoms with Crippen LogP contribution >= 0.6 is 0 Å². The average molecular weight is 564 g/mol. The van der Waals surface area contributed by atoms with Crippen LogP contribution in [0.4, 0.5) is 14.6 Å². The number of carbonyl (C=O) groups excluding carboxylic acids is 1. The lowest BCUT2D eigenvalue weighted by atomic mass is 9.92. The van der Waals surface area contributed by atoms with Crippen LogP contribution in [0, 0.1) is 6.92 Å². The molecule has 8 nitrogen and oxygen atoms in total. The Morgan fingerprint density at radius 2 is 1.93 bits per heavy atom. The van der Waals surface area contributed by atoms with Crippen LogP contribution < -0.4 is 9.64 Å². The predicted octanol–water partition coefficient (Wildman–Crippen LogP) is 4.31. The van der Waals surface area contributed by atoms with E-state index in [0.29, 0.717) is 45.0 Å². The molecule has 0 bridgehead atoms. The van der Waals surface area contributed by atoms with Crippen molar-refractivity contribution in [3.63, 3.8) is 0 Å². The van der Waals surface area contributed by atoms with E-state index in [-0.39, 0.29) is 37.6 Å². The summed E-state index contributed by atoms with van der Waals surface area (Å²) in [5, 5.41) is 2.34. The van der Waals surface area contributed by atoms with Crippen molar-refractivity contribution in [2.24, 2.45) is 0 Å². The van der Waals surface area contributed by atoms with Crippen molar-refractivity contribution in [2.75, 3.05) is 51.3 Å². The SMILES string of the molecule is C=CC(=O)N1CCN(c2nc(OC[C@@H]3CC(F)(F)CN3C)nc3c2COC(c2cccc4cccc(C)c24)C3)CC1. The predicted molar refractivity (Wildman–Crippen MR) is 152 cm³/mol. The van der Waals surface area contributed by atoms with Crippen molar-refractivity contribution in [3.8, 4) is 6.01 Å². The van der Waals surface area contributed by atoms with E-state index in [0.717, 1.165) is 22.2 Å². The molecule has 2 aromatic carbocycles. The zero-order valence-corrected chi connectivity index (χ0v) is 23.5. The highest BCUT2D eigenvalue weighted by Gasteiger charge is 2.43. The molecule has 2 fully saturated rings. The molecule has 0 N–H and O–H groups in total. The van der Waals surface area contributed by atoms with Gasteiger partial charge in [0.1, 0.15) is 12.4 Å². The highest BCUT2D eigenvalue weighted by atomic mass is 19.3. The number of amides is 1. The Hall–Kier alpha value is -3.63. The normalized spacial score (nSPS) is 22.5. The van der Waals surface area contributed by atoms with Crippen LogP contribution in [0.5, 0.6) is 6.01 Å². The average Bonchev–Trinajstić information content (AvgIpc) is 3.25. The van der Waals surface area contributed by atoms with E-state index in [4.69, 9.17) is 19.4 Å². The number of hydrogen-bond acceptors (Lipinski definition) is 7. The Bertz CT molecular complexity index is 1470. The number of alkyl halides is 2. The molecule has 1 aromatic heterocycles. The number of rotatable bonds is 6. The standard InChI is InChI=1S/C31H35F2N5O3/c1-4-27(39)37-11-13-38(14-12-37)29-24-18-40-26(23-10-6-9-21-8-5-7-20(2)28(21)23)15-25(24)34-30(35-29)41-17-22-16-31(32,33)19-36(22)3/h4-10,22,26H,1,11-19H2,2-3H3/t22-,26?/m0/s1. The molecule has 1 amide bonds. The van der Waals surface area contributed by atoms with Crippen LogP contribution in [0.1, 0.15) is 34.9 Å². The Labute approximate surface area is 238 Å². The van der Waals surface area contributed by atoms with Gasteiger partial charge in [-0.15, -0.1) is 0 Å². The quantitative estimate of drug-likeness (QED) is 0.414. The molecule has 10 heteroatoms. The number of aryl methyl sites for hydroxylation is 1. The molecular formula is C31H35F2N5O3. The van der Waals surface area contributed by atoms with Crippen LogP contribution in [-0.4, -0.2) is 84.0 Å². The molecule has 1 unspecified atom stereocenters. The van der Waals surface area contributed by atoms with E-state index in [1.54, 1.807) is 16.8 Å². The van der Waals surface area contributed by atoms with Gasteiger partial charge in [-0.3, -0.25) is 9.69 Å². The van der Waals surface area contributed by atoms with Gasteiger partial charge in [-0.2, -0.15) is 9.97 Å². The number of benzene rings is 2. The maximum absolute atomic E-state index is 14.0. The first-order valence-electron chi connectivity index (χ1n) is 14.1. The minimum Gasteiger partial charge on any atom is -0.462 e. The molecule has 0 saturated carbocycles. The highest BCUT2D eigenvalue weighted by Crippen LogP contribution is 2.38. The molecule has 6 rings (SSSR count). The summed E-state index contributed by atoms with van der Waals surface area (Å²) >= 11 is 0. The summed E-state index contributed by atoms with van der Waals surface area (Å²) in [5.41, 5.74) is 4.03. The number of likely N-dealkylation sites (tertiary alicyclic amines) is 1. The molecule has 41 heavy (non-hydrogen) atoms. The Kier molecular flexibility index (Phi) is 7.37. The number of carbonyl (C=O) groups is 1. The first kappa shape index (κ1) is 27.5. The van der Waals surface area contributed by atoms with Gasteiger partial charge in [-0.25, -0.2) is 8.78 Å². The molecule has 3 aliphatic heterocycles. The number of fused-ring (bicyclic) bond motifs is 2. The third-order valence-corrected chi connectivity index (χ3v) is 8.46. The van der Waals surface area contributed by atoms with E-state index >= 15 is 0 Å². The molecule has 3 aromatic rings. The Morgan fingerprint density at radius 3 is 2.63 bits per heavy atom. The summed E-state index contributed by atoms with van der Waals surface area (Å²) in [6, 6.07) is 12.3. The second-order valence-electron chi connectivity index (χ2n) is 11.2. The summed E-state index contributed by atoms with van der Waals surface area (Å²) in [5.74, 6) is -2.10. The molecule has 0 spiro atoms. The smallest absolute Gasteiger partial charge is 0.318 e. The molecule has 2 atom stereocenters. The summed E-state index contributed by atoms with van der Waals surface area (Å²) in [6.07, 6.45) is 1.41. The lowest BCUT2D eigenvalue weighted by Crippen LogP contribution is -2.49. The largest absolute Gasteiger partial charge is 0.462 e. The molecular weight excluding hydrogens is 528 g/mol. The second kappa shape index (κ2) is 11.0. The van der Waals surface area contributed by atoms with Crippen LogP contribution in [0.2, 0.25) is 0 Å². The van der Waals surface area contributed by atoms with Crippen molar-refractivity contribution < 1.29 is 23.0 Å². The van der Waals surface area contributed by atoms with Crippen LogP contribution in [0.3, 0.4) is 0 Å². The van der Waals surface area contributed by atoms with Gasteiger partial charge in [0.25, 0.3) is 5.92 Å². The fraction of sp³-hybridized carbons (Fsp3) is 0.452. The summed E-state index contributed by atoms with van der Waals surface area (Å²) in [6.45, 7) is 8.10. The number of aromatic nitrogens is 2. The fourth-order valence-electron chi connectivity index (χ4n) is 6.27. The molecule has 216 valence electrons. The third kappa shape index (κ3) is 5.50. The third-order valence-electron chi connectivity index (χ3n) is 8.46. The van der Waals surface area contributed by atoms with Crippen molar-refractivity contribution in [1.82, 2.24) is 19.8 Å². The van der Waals surface area contributed by atoms with E-state index in [9.17, 15) is 13.6 Å². The number of hydrogen-bond donors (Lipinski definition) is 0. The zero-order chi connectivity index (χ0) is 28.7. The lowest BCUT2D eigenvalue weighted by molar-refractivity contribution is -0.126.